The number of ether oxygens (including phenoxy) is 1. The smallest absolute Gasteiger partial charge is 0.335 e. The summed E-state index contributed by atoms with van der Waals surface area (Å²) in [7, 11) is 1.67. The van der Waals surface area contributed by atoms with Crippen molar-refractivity contribution < 1.29 is 19.4 Å². The fourth-order valence-corrected chi connectivity index (χ4v) is 13.6. The first-order valence-corrected chi connectivity index (χ1v) is 19.2. The van der Waals surface area contributed by atoms with Crippen LogP contribution in [0.25, 0.3) is 5.57 Å². The number of carboxylic acids is 1. The van der Waals surface area contributed by atoms with Crippen LogP contribution in [0.2, 0.25) is 0 Å². The first-order chi connectivity index (χ1) is 23.6. The molecule has 2 N–H and O–H groups in total. The summed E-state index contributed by atoms with van der Waals surface area (Å²) in [6, 6.07) is 15.3. The van der Waals surface area contributed by atoms with E-state index in [1.165, 1.54) is 36.8 Å². The quantitative estimate of drug-likeness (QED) is 0.286. The van der Waals surface area contributed by atoms with Crippen LogP contribution in [0.15, 0.2) is 66.8 Å². The minimum absolute atomic E-state index is 0.0177. The van der Waals surface area contributed by atoms with E-state index in [4.69, 9.17) is 4.74 Å². The van der Waals surface area contributed by atoms with E-state index in [1.807, 2.05) is 36.4 Å². The van der Waals surface area contributed by atoms with Crippen LogP contribution in [0.5, 0.6) is 5.75 Å². The number of carbonyl (C=O) groups excluding carboxylic acids is 1. The van der Waals surface area contributed by atoms with Gasteiger partial charge in [-0.25, -0.2) is 4.79 Å². The van der Waals surface area contributed by atoms with E-state index >= 15 is 0 Å². The molecule has 9 unspecified atom stereocenters. The van der Waals surface area contributed by atoms with Crippen LogP contribution in [0.4, 0.5) is 5.69 Å². The summed E-state index contributed by atoms with van der Waals surface area (Å²) in [5.41, 5.74) is 5.16. The number of hydrogen-bond donors (Lipinski definition) is 2. The third-order valence-electron chi connectivity index (χ3n) is 16.0. The topological polar surface area (TPSA) is 75.6 Å². The molecule has 0 radical (unpaired) electrons. The Morgan fingerprint density at radius 2 is 1.56 bits per heavy atom. The number of carbonyl (C=O) groups is 2. The Morgan fingerprint density at radius 1 is 0.860 bits per heavy atom. The Kier molecular flexibility index (Phi) is 8.51. The Bertz CT molecular complexity index is 1710. The summed E-state index contributed by atoms with van der Waals surface area (Å²) in [5, 5.41) is 12.9. The monoisotopic (exact) mass is 677 g/mol. The molecule has 268 valence electrons. The zero-order chi connectivity index (χ0) is 35.9. The van der Waals surface area contributed by atoms with Gasteiger partial charge in [0.25, 0.3) is 0 Å². The number of fused-ring (bicyclic) bond motifs is 7. The average Bonchev–Trinajstić information content (AvgIpc) is 3.44. The van der Waals surface area contributed by atoms with Crippen molar-refractivity contribution in [3.8, 4) is 5.75 Å². The lowest BCUT2D eigenvalue weighted by Gasteiger charge is -2.72. The third kappa shape index (κ3) is 5.06. The number of rotatable bonds is 7. The molecule has 5 heteroatoms. The third-order valence-corrected chi connectivity index (χ3v) is 16.0. The molecule has 7 rings (SSSR count). The highest BCUT2D eigenvalue weighted by atomic mass is 16.5. The molecule has 5 aliphatic carbocycles. The minimum atomic E-state index is -0.877. The van der Waals surface area contributed by atoms with E-state index in [1.54, 1.807) is 19.2 Å². The molecule has 5 nitrogen and oxygen atoms in total. The molecule has 0 heterocycles. The van der Waals surface area contributed by atoms with Gasteiger partial charge < -0.3 is 15.2 Å². The Balaban J connectivity index is 1.21. The number of allylic oxidation sites excluding steroid dienone is 3. The molecule has 0 aliphatic heterocycles. The number of amides is 1. The molecule has 5 aliphatic rings. The second-order valence-electron chi connectivity index (χ2n) is 18.4. The summed E-state index contributed by atoms with van der Waals surface area (Å²) < 4.78 is 5.38. The van der Waals surface area contributed by atoms with Crippen molar-refractivity contribution in [1.29, 1.82) is 0 Å². The SMILES string of the molecule is C=C(C)CC1CCC2(C(=O)Nc3ccc(OC)cc3)CCC3(C)C(CCC4C5(C)CC=C(c6ccc(C(=O)O)cc6)C(C)(C)C5CCC43C)C12. The van der Waals surface area contributed by atoms with Gasteiger partial charge in [0.15, 0.2) is 0 Å². The van der Waals surface area contributed by atoms with Crippen molar-refractivity contribution >= 4 is 23.1 Å². The fraction of sp³-hybridized carbons (Fsp3) is 0.600. The maximum Gasteiger partial charge on any atom is 0.335 e. The van der Waals surface area contributed by atoms with Gasteiger partial charge in [0.2, 0.25) is 5.91 Å². The van der Waals surface area contributed by atoms with E-state index in [9.17, 15) is 14.7 Å². The summed E-state index contributed by atoms with van der Waals surface area (Å²) >= 11 is 0. The predicted molar refractivity (Wildman–Crippen MR) is 202 cm³/mol. The van der Waals surface area contributed by atoms with Crippen LogP contribution in [-0.2, 0) is 4.79 Å². The predicted octanol–water partition coefficient (Wildman–Crippen LogP) is 11.1. The number of aromatic carboxylic acids is 1. The van der Waals surface area contributed by atoms with Crippen LogP contribution in [0, 0.1) is 56.7 Å². The van der Waals surface area contributed by atoms with Crippen LogP contribution in [0.1, 0.15) is 122 Å². The minimum Gasteiger partial charge on any atom is -0.497 e. The summed E-state index contributed by atoms with van der Waals surface area (Å²) in [5.74, 6) is 2.69. The summed E-state index contributed by atoms with van der Waals surface area (Å²) in [4.78, 5) is 26.2. The van der Waals surface area contributed by atoms with Crippen LogP contribution >= 0.6 is 0 Å². The van der Waals surface area contributed by atoms with Gasteiger partial charge in [0.1, 0.15) is 5.75 Å². The van der Waals surface area contributed by atoms with Gasteiger partial charge in [-0.05, 0) is 170 Å². The number of nitrogens with one attached hydrogen (secondary N) is 1. The van der Waals surface area contributed by atoms with E-state index in [0.29, 0.717) is 35.2 Å². The van der Waals surface area contributed by atoms with Gasteiger partial charge in [0, 0.05) is 5.69 Å². The molecular weight excluding hydrogens is 618 g/mol. The normalized spacial score (nSPS) is 38.4. The average molecular weight is 678 g/mol. The Hall–Kier alpha value is -3.34. The number of anilines is 1. The van der Waals surface area contributed by atoms with Gasteiger partial charge in [-0.3, -0.25) is 4.79 Å². The van der Waals surface area contributed by atoms with Crippen molar-refractivity contribution in [2.45, 2.75) is 106 Å². The Morgan fingerprint density at radius 3 is 2.20 bits per heavy atom. The molecular formula is C45H59NO4. The maximum atomic E-state index is 14.6. The van der Waals surface area contributed by atoms with Crippen LogP contribution < -0.4 is 10.1 Å². The van der Waals surface area contributed by atoms with Gasteiger partial charge in [-0.15, -0.1) is 6.58 Å². The number of methoxy groups -OCH3 is 1. The van der Waals surface area contributed by atoms with Crippen molar-refractivity contribution in [3.05, 3.63) is 77.9 Å². The lowest BCUT2D eigenvalue weighted by molar-refractivity contribution is -0.225. The zero-order valence-corrected chi connectivity index (χ0v) is 31.5. The van der Waals surface area contributed by atoms with E-state index < -0.39 is 5.97 Å². The zero-order valence-electron chi connectivity index (χ0n) is 31.5. The summed E-state index contributed by atoms with van der Waals surface area (Å²) in [6.07, 6.45) is 13.6. The standard InChI is InChI=1S/C45H59NO4/c1-28(2)27-31-19-24-45(40(49)46-32-13-15-33(50-8)16-14-32)26-25-43(6)35(38(31)45)17-18-37-42(5)22-20-34(29-9-11-30(12-10-29)39(47)48)41(3,4)36(42)21-23-44(37,43)7/h9-16,20,31,35-38H,1,17-19,21-27H2,2-8H3,(H,46,49)(H,47,48). The number of benzene rings is 2. The molecule has 0 spiro atoms. The highest BCUT2D eigenvalue weighted by Gasteiger charge is 2.71. The molecule has 0 aromatic heterocycles. The van der Waals surface area contributed by atoms with Crippen LogP contribution in [-0.4, -0.2) is 24.1 Å². The van der Waals surface area contributed by atoms with Crippen molar-refractivity contribution in [2.75, 3.05) is 12.4 Å². The molecule has 2 aromatic rings. The molecule has 2 aromatic carbocycles. The first-order valence-electron chi connectivity index (χ1n) is 19.2. The van der Waals surface area contributed by atoms with E-state index in [0.717, 1.165) is 55.5 Å². The van der Waals surface area contributed by atoms with Gasteiger partial charge >= 0.3 is 5.97 Å². The number of carboxylic acid groups (broad SMARTS) is 1. The lowest BCUT2D eigenvalue weighted by atomic mass is 9.32. The molecule has 9 atom stereocenters. The van der Waals surface area contributed by atoms with Crippen molar-refractivity contribution in [3.63, 3.8) is 0 Å². The first kappa shape index (κ1) is 35.1. The summed E-state index contributed by atoms with van der Waals surface area (Å²) in [6.45, 7) is 19.4. The highest BCUT2D eigenvalue weighted by molar-refractivity contribution is 5.96. The van der Waals surface area contributed by atoms with Crippen LogP contribution in [0.3, 0.4) is 0 Å². The molecule has 4 saturated carbocycles. The largest absolute Gasteiger partial charge is 0.497 e. The fourth-order valence-electron chi connectivity index (χ4n) is 13.6. The van der Waals surface area contributed by atoms with Gasteiger partial charge in [0.05, 0.1) is 18.1 Å². The van der Waals surface area contributed by atoms with Gasteiger partial charge in [-0.1, -0.05) is 58.4 Å². The molecule has 0 bridgehead atoms. The molecule has 1 amide bonds. The van der Waals surface area contributed by atoms with Crippen molar-refractivity contribution in [2.24, 2.45) is 56.7 Å². The molecule has 50 heavy (non-hydrogen) atoms. The highest BCUT2D eigenvalue weighted by Crippen LogP contribution is 2.77. The number of hydrogen-bond acceptors (Lipinski definition) is 3. The maximum absolute atomic E-state index is 14.6. The molecule has 0 saturated heterocycles. The van der Waals surface area contributed by atoms with E-state index in [2.05, 4.69) is 59.5 Å². The second kappa shape index (κ2) is 12.1. The second-order valence-corrected chi connectivity index (χ2v) is 18.4. The molecule has 4 fully saturated rings. The van der Waals surface area contributed by atoms with E-state index in [-0.39, 0.29) is 33.0 Å². The van der Waals surface area contributed by atoms with Crippen molar-refractivity contribution in [1.82, 2.24) is 0 Å². The Labute approximate surface area is 300 Å². The lowest BCUT2D eigenvalue weighted by Crippen LogP contribution is -2.66. The van der Waals surface area contributed by atoms with Gasteiger partial charge in [-0.2, -0.15) is 0 Å².